The van der Waals surface area contributed by atoms with Gasteiger partial charge in [-0.25, -0.2) is 8.42 Å². The normalized spacial score (nSPS) is 15.6. The molecule has 2 heterocycles. The molecule has 0 unspecified atom stereocenters. The van der Waals surface area contributed by atoms with Gasteiger partial charge in [0.15, 0.2) is 0 Å². The molecule has 1 aromatic heterocycles. The first kappa shape index (κ1) is 20.6. The van der Waals surface area contributed by atoms with Gasteiger partial charge >= 0.3 is 0 Å². The molecule has 1 aliphatic rings. The predicted molar refractivity (Wildman–Crippen MR) is 110 cm³/mol. The molecular formula is C20H24N4O5S. The van der Waals surface area contributed by atoms with E-state index >= 15 is 0 Å². The molecule has 0 aliphatic carbocycles. The summed E-state index contributed by atoms with van der Waals surface area (Å²) in [6.45, 7) is 5.66. The molecule has 0 spiro atoms. The minimum absolute atomic E-state index is 0.108. The lowest BCUT2D eigenvalue weighted by atomic mass is 10.2. The van der Waals surface area contributed by atoms with E-state index in [9.17, 15) is 8.42 Å². The van der Waals surface area contributed by atoms with Crippen molar-refractivity contribution in [1.82, 2.24) is 19.5 Å². The number of hydrogen-bond acceptors (Lipinski definition) is 7. The van der Waals surface area contributed by atoms with Crippen LogP contribution < -0.4 is 9.57 Å². The van der Waals surface area contributed by atoms with Crippen molar-refractivity contribution in [3.05, 3.63) is 48.0 Å². The van der Waals surface area contributed by atoms with Gasteiger partial charge in [0.05, 0.1) is 24.2 Å². The van der Waals surface area contributed by atoms with Gasteiger partial charge in [-0.2, -0.15) is 4.31 Å². The van der Waals surface area contributed by atoms with Crippen molar-refractivity contribution >= 4 is 21.1 Å². The molecule has 10 heteroatoms. The van der Waals surface area contributed by atoms with E-state index in [4.69, 9.17) is 14.3 Å². The number of hydrogen-bond donors (Lipinski definition) is 0. The van der Waals surface area contributed by atoms with Gasteiger partial charge in [-0.1, -0.05) is 17.0 Å². The number of aromatic nitrogens is 3. The van der Waals surface area contributed by atoms with Crippen LogP contribution in [0.25, 0.3) is 11.0 Å². The smallest absolute Gasteiger partial charge is 0.243 e. The molecule has 0 saturated carbocycles. The minimum Gasteiger partial charge on any atom is -0.491 e. The van der Waals surface area contributed by atoms with Crippen molar-refractivity contribution in [3.8, 4) is 5.75 Å². The van der Waals surface area contributed by atoms with E-state index < -0.39 is 10.0 Å². The summed E-state index contributed by atoms with van der Waals surface area (Å²) in [5.74, 6) is 0.790. The first-order chi connectivity index (χ1) is 14.4. The third-order valence-corrected chi connectivity index (χ3v) is 6.54. The largest absolute Gasteiger partial charge is 0.491 e. The van der Waals surface area contributed by atoms with Crippen LogP contribution in [0.15, 0.2) is 47.4 Å². The molecular weight excluding hydrogens is 408 g/mol. The molecule has 0 N–H and O–H groups in total. The van der Waals surface area contributed by atoms with Crippen LogP contribution in [0.5, 0.6) is 5.75 Å². The Morgan fingerprint density at radius 3 is 2.53 bits per heavy atom. The van der Waals surface area contributed by atoms with Crippen molar-refractivity contribution in [2.24, 2.45) is 0 Å². The molecule has 3 aromatic rings. The summed E-state index contributed by atoms with van der Waals surface area (Å²) in [6, 6.07) is 12.3. The number of sulfonamides is 1. The Morgan fingerprint density at radius 2 is 1.83 bits per heavy atom. The zero-order chi connectivity index (χ0) is 21.1. The van der Waals surface area contributed by atoms with Crippen LogP contribution in [0.3, 0.4) is 0 Å². The molecule has 0 radical (unpaired) electrons. The second-order valence-corrected chi connectivity index (χ2v) is 9.15. The van der Waals surface area contributed by atoms with E-state index in [1.807, 2.05) is 38.1 Å². The predicted octanol–water partition coefficient (Wildman–Crippen LogP) is 1.87. The number of morpholine rings is 1. The molecule has 30 heavy (non-hydrogen) atoms. The van der Waals surface area contributed by atoms with Gasteiger partial charge in [0, 0.05) is 13.1 Å². The Bertz CT molecular complexity index is 1110. The van der Waals surface area contributed by atoms with Crippen LogP contribution >= 0.6 is 0 Å². The van der Waals surface area contributed by atoms with Crippen LogP contribution in [0.2, 0.25) is 0 Å². The maximum Gasteiger partial charge on any atom is 0.243 e. The summed E-state index contributed by atoms with van der Waals surface area (Å²) in [4.78, 5) is 7.19. The summed E-state index contributed by atoms with van der Waals surface area (Å²) >= 11 is 0. The van der Waals surface area contributed by atoms with Gasteiger partial charge in [-0.05, 0) is 55.0 Å². The Balaban J connectivity index is 1.51. The average molecular weight is 433 g/mol. The van der Waals surface area contributed by atoms with Crippen molar-refractivity contribution in [2.45, 2.75) is 31.5 Å². The Morgan fingerprint density at radius 1 is 1.10 bits per heavy atom. The molecule has 2 aromatic carbocycles. The molecule has 160 valence electrons. The lowest BCUT2D eigenvalue weighted by Crippen LogP contribution is -2.40. The van der Waals surface area contributed by atoms with E-state index in [0.717, 1.165) is 11.3 Å². The van der Waals surface area contributed by atoms with Crippen LogP contribution in [-0.2, 0) is 21.4 Å². The fourth-order valence-electron chi connectivity index (χ4n) is 3.14. The Kier molecular flexibility index (Phi) is 5.89. The van der Waals surface area contributed by atoms with Gasteiger partial charge in [-0.15, -0.1) is 5.10 Å². The van der Waals surface area contributed by atoms with Gasteiger partial charge < -0.3 is 14.3 Å². The van der Waals surface area contributed by atoms with E-state index in [1.54, 1.807) is 18.2 Å². The van der Waals surface area contributed by atoms with Gasteiger partial charge in [0.25, 0.3) is 0 Å². The molecule has 1 saturated heterocycles. The summed E-state index contributed by atoms with van der Waals surface area (Å²) in [5.41, 5.74) is 1.97. The van der Waals surface area contributed by atoms with Crippen molar-refractivity contribution in [2.75, 3.05) is 26.3 Å². The van der Waals surface area contributed by atoms with Crippen molar-refractivity contribution in [1.29, 1.82) is 0 Å². The quantitative estimate of drug-likeness (QED) is 0.562. The van der Waals surface area contributed by atoms with Crippen LogP contribution in [0.4, 0.5) is 0 Å². The Labute approximate surface area is 175 Å². The van der Waals surface area contributed by atoms with E-state index in [0.29, 0.717) is 37.3 Å². The monoisotopic (exact) mass is 432 g/mol. The highest BCUT2D eigenvalue weighted by atomic mass is 32.2. The van der Waals surface area contributed by atoms with Crippen molar-refractivity contribution in [3.63, 3.8) is 0 Å². The first-order valence-electron chi connectivity index (χ1n) is 9.76. The minimum atomic E-state index is -3.62. The lowest BCUT2D eigenvalue weighted by molar-refractivity contribution is 0.0729. The first-order valence-corrected chi connectivity index (χ1v) is 11.2. The highest BCUT2D eigenvalue weighted by Crippen LogP contribution is 2.21. The topological polar surface area (TPSA) is 95.8 Å². The zero-order valence-electron chi connectivity index (χ0n) is 16.9. The Hall–Kier alpha value is -2.69. The van der Waals surface area contributed by atoms with E-state index in [2.05, 4.69) is 10.3 Å². The highest BCUT2D eigenvalue weighted by molar-refractivity contribution is 7.89. The number of fused-ring (bicyclic) bond motifs is 1. The third kappa shape index (κ3) is 4.40. The molecule has 0 atom stereocenters. The van der Waals surface area contributed by atoms with Crippen LogP contribution in [-0.4, -0.2) is 60.3 Å². The fourth-order valence-corrected chi connectivity index (χ4v) is 4.57. The molecule has 1 fully saturated rings. The third-order valence-electron chi connectivity index (χ3n) is 4.64. The SMILES string of the molecule is CC(C)Oc1ccc(COn2nnc3ccc(S(=O)(=O)N4CCOCC4)cc32)cc1. The number of ether oxygens (including phenoxy) is 2. The number of nitrogens with zero attached hydrogens (tertiary/aromatic N) is 4. The fraction of sp³-hybridized carbons (Fsp3) is 0.400. The summed E-state index contributed by atoms with van der Waals surface area (Å²) in [7, 11) is -3.62. The molecule has 0 bridgehead atoms. The van der Waals surface area contributed by atoms with Crippen LogP contribution in [0, 0.1) is 0 Å². The highest BCUT2D eigenvalue weighted by Gasteiger charge is 2.27. The van der Waals surface area contributed by atoms with Crippen molar-refractivity contribution < 1.29 is 22.7 Å². The molecule has 9 nitrogen and oxygen atoms in total. The average Bonchev–Trinajstić information content (AvgIpc) is 3.16. The number of benzene rings is 2. The van der Waals surface area contributed by atoms with E-state index in [-0.39, 0.29) is 17.6 Å². The van der Waals surface area contributed by atoms with Gasteiger partial charge in [0.1, 0.15) is 23.4 Å². The van der Waals surface area contributed by atoms with E-state index in [1.165, 1.54) is 9.15 Å². The number of rotatable bonds is 7. The van der Waals surface area contributed by atoms with Crippen LogP contribution in [0.1, 0.15) is 19.4 Å². The maximum absolute atomic E-state index is 12.9. The molecule has 0 amide bonds. The maximum atomic E-state index is 12.9. The molecule has 1 aliphatic heterocycles. The second kappa shape index (κ2) is 8.58. The second-order valence-electron chi connectivity index (χ2n) is 7.21. The van der Waals surface area contributed by atoms with Gasteiger partial charge in [-0.3, -0.25) is 0 Å². The summed E-state index contributed by atoms with van der Waals surface area (Å²) in [5, 5.41) is 8.05. The summed E-state index contributed by atoms with van der Waals surface area (Å²) < 4.78 is 38.1. The van der Waals surface area contributed by atoms with Gasteiger partial charge in [0.2, 0.25) is 10.0 Å². The zero-order valence-corrected chi connectivity index (χ0v) is 17.7. The molecule has 4 rings (SSSR count). The summed E-state index contributed by atoms with van der Waals surface area (Å²) in [6.07, 6.45) is 0.108. The standard InChI is InChI=1S/C20H24N4O5S/c1-15(2)29-17-5-3-16(4-6-17)14-28-24-20-13-18(7-8-19(20)21-22-24)30(25,26)23-9-11-27-12-10-23/h3-8,13,15H,9-12,14H2,1-2H3. The lowest BCUT2D eigenvalue weighted by Gasteiger charge is -2.26.